The number of hydrogen-bond acceptors (Lipinski definition) is 19. The SMILES string of the molecule is C#CCOCCOCCOCCNc1nc(N2CCN(C(=O)[C@H](CCCN=C(N)N)n3cc(C(N)[C@H](C)CC)nn3)CC2)nc(N2CCN(C(=O)[C@H](CC(N)=O)n3cc(C(N)[C@@H](C)CC)nn3)CC2)n1. The van der Waals surface area contributed by atoms with Crippen molar-refractivity contribution in [1.82, 2.24) is 54.7 Å². The normalized spacial score (nSPS) is 16.8. The number of ether oxygens (including phenoxy) is 3. The molecular weight excluding hydrogens is 905 g/mol. The molecule has 11 N–H and O–H groups in total. The van der Waals surface area contributed by atoms with E-state index < -0.39 is 18.0 Å². The summed E-state index contributed by atoms with van der Waals surface area (Å²) in [4.78, 5) is 66.7. The number of primary amides is 1. The molecule has 0 bridgehead atoms. The minimum Gasteiger partial charge on any atom is -0.377 e. The quantitative estimate of drug-likeness (QED) is 0.0209. The van der Waals surface area contributed by atoms with Gasteiger partial charge in [0.2, 0.25) is 35.6 Å². The zero-order chi connectivity index (χ0) is 50.6. The number of rotatable bonds is 29. The Balaban J connectivity index is 1.28. The molecule has 26 heteroatoms. The van der Waals surface area contributed by atoms with Gasteiger partial charge in [-0.1, -0.05) is 56.9 Å². The summed E-state index contributed by atoms with van der Waals surface area (Å²) in [6.45, 7) is 14.1. The van der Waals surface area contributed by atoms with Crippen LogP contribution in [0.25, 0.3) is 0 Å². The molecule has 386 valence electrons. The van der Waals surface area contributed by atoms with Gasteiger partial charge in [0.1, 0.15) is 18.7 Å². The second-order valence-corrected chi connectivity index (χ2v) is 17.5. The summed E-state index contributed by atoms with van der Waals surface area (Å²) in [5.41, 5.74) is 30.8. The molecule has 3 aromatic heterocycles. The summed E-state index contributed by atoms with van der Waals surface area (Å²) in [5, 5.41) is 20.4. The molecule has 70 heavy (non-hydrogen) atoms. The summed E-state index contributed by atoms with van der Waals surface area (Å²) in [7, 11) is 0. The number of carbonyl (C=O) groups excluding carboxylic acids is 3. The highest BCUT2D eigenvalue weighted by Gasteiger charge is 2.34. The Morgan fingerprint density at radius 1 is 0.729 bits per heavy atom. The number of carbonyl (C=O) groups is 3. The fraction of sp³-hybridized carbons (Fsp3) is 0.705. The van der Waals surface area contributed by atoms with Crippen LogP contribution in [0.2, 0.25) is 0 Å². The van der Waals surface area contributed by atoms with E-state index in [0.717, 1.165) is 12.8 Å². The van der Waals surface area contributed by atoms with Crippen molar-refractivity contribution in [3.8, 4) is 12.3 Å². The number of guanidine groups is 1. The second kappa shape index (κ2) is 27.8. The number of terminal acetylenes is 1. The van der Waals surface area contributed by atoms with Crippen LogP contribution in [0.3, 0.4) is 0 Å². The summed E-state index contributed by atoms with van der Waals surface area (Å²) >= 11 is 0. The molecule has 2 saturated heterocycles. The molecule has 26 nitrogen and oxygen atoms in total. The lowest BCUT2D eigenvalue weighted by Gasteiger charge is -2.38. The highest BCUT2D eigenvalue weighted by Crippen LogP contribution is 2.26. The Bertz CT molecular complexity index is 2160. The van der Waals surface area contributed by atoms with Gasteiger partial charge in [0.25, 0.3) is 0 Å². The van der Waals surface area contributed by atoms with E-state index in [9.17, 15) is 14.4 Å². The van der Waals surface area contributed by atoms with Crippen LogP contribution in [-0.2, 0) is 28.6 Å². The fourth-order valence-corrected chi connectivity index (χ4v) is 7.82. The topological polar surface area (TPSA) is 346 Å². The van der Waals surface area contributed by atoms with E-state index in [4.69, 9.17) is 64.3 Å². The molecule has 2 fully saturated rings. The van der Waals surface area contributed by atoms with Crippen molar-refractivity contribution in [3.63, 3.8) is 0 Å². The lowest BCUT2D eigenvalue weighted by molar-refractivity contribution is -0.137. The Morgan fingerprint density at radius 3 is 1.70 bits per heavy atom. The molecule has 6 atom stereocenters. The number of nitrogens with two attached hydrogens (primary N) is 5. The third kappa shape index (κ3) is 15.9. The van der Waals surface area contributed by atoms with Gasteiger partial charge in [-0.3, -0.25) is 19.4 Å². The second-order valence-electron chi connectivity index (χ2n) is 17.5. The van der Waals surface area contributed by atoms with Crippen LogP contribution in [0.4, 0.5) is 17.8 Å². The zero-order valence-corrected chi connectivity index (χ0v) is 41.1. The number of aliphatic imine (C=N–C) groups is 1. The van der Waals surface area contributed by atoms with Crippen LogP contribution in [0.1, 0.15) is 95.4 Å². The Morgan fingerprint density at radius 2 is 1.21 bits per heavy atom. The van der Waals surface area contributed by atoms with Gasteiger partial charge in [0, 0.05) is 65.4 Å². The van der Waals surface area contributed by atoms with E-state index in [2.05, 4.69) is 50.7 Å². The molecule has 0 radical (unpaired) electrons. The first-order valence-corrected chi connectivity index (χ1v) is 24.2. The Labute approximate surface area is 409 Å². The van der Waals surface area contributed by atoms with E-state index >= 15 is 0 Å². The fourth-order valence-electron chi connectivity index (χ4n) is 7.82. The van der Waals surface area contributed by atoms with E-state index in [-0.39, 0.29) is 54.7 Å². The summed E-state index contributed by atoms with van der Waals surface area (Å²) < 4.78 is 19.5. The van der Waals surface area contributed by atoms with E-state index in [1.807, 2.05) is 28.5 Å². The number of hydrogen-bond donors (Lipinski definition) is 6. The summed E-state index contributed by atoms with van der Waals surface area (Å²) in [5.74, 6) is 2.82. The van der Waals surface area contributed by atoms with E-state index in [1.165, 1.54) is 4.68 Å². The van der Waals surface area contributed by atoms with Gasteiger partial charge in [-0.15, -0.1) is 16.6 Å². The molecule has 3 aromatic rings. The van der Waals surface area contributed by atoms with Gasteiger partial charge < -0.3 is 67.8 Å². The third-order valence-electron chi connectivity index (χ3n) is 12.6. The third-order valence-corrected chi connectivity index (χ3v) is 12.6. The lowest BCUT2D eigenvalue weighted by Crippen LogP contribution is -2.52. The van der Waals surface area contributed by atoms with Gasteiger partial charge in [-0.2, -0.15) is 15.0 Å². The number of nitrogens with one attached hydrogen (secondary N) is 1. The zero-order valence-electron chi connectivity index (χ0n) is 41.1. The number of amides is 3. The van der Waals surface area contributed by atoms with Crippen LogP contribution in [0.15, 0.2) is 17.4 Å². The number of nitrogens with zero attached hydrogens (tertiary/aromatic N) is 14. The van der Waals surface area contributed by atoms with Crippen LogP contribution in [0.5, 0.6) is 0 Å². The van der Waals surface area contributed by atoms with Gasteiger partial charge >= 0.3 is 0 Å². The number of anilines is 3. The lowest BCUT2D eigenvalue weighted by atomic mass is 9.98. The van der Waals surface area contributed by atoms with Crippen molar-refractivity contribution in [2.45, 2.75) is 84.0 Å². The highest BCUT2D eigenvalue weighted by atomic mass is 16.5. The maximum atomic E-state index is 14.3. The van der Waals surface area contributed by atoms with Crippen LogP contribution in [0, 0.1) is 24.2 Å². The minimum atomic E-state index is -0.984. The molecular formula is C44H74N20O6. The maximum Gasteiger partial charge on any atom is 0.248 e. The first-order valence-electron chi connectivity index (χ1n) is 24.2. The van der Waals surface area contributed by atoms with Crippen molar-refractivity contribution in [2.75, 3.05) is 120 Å². The molecule has 0 aromatic carbocycles. The average Bonchev–Trinajstić information content (AvgIpc) is 4.07. The molecule has 5 heterocycles. The van der Waals surface area contributed by atoms with E-state index in [1.54, 1.807) is 22.0 Å². The van der Waals surface area contributed by atoms with Gasteiger partial charge in [0.15, 0.2) is 5.96 Å². The standard InChI is InChI=1S/C44H74N20O6/c1-6-21-68-23-25-70-26-24-69-22-12-51-42-52-43(61-17-13-59(14-18-61)39(66)34(10-9-11-50-41(48)49)63-28-32(55-57-63)37(46)30(4)7-2)54-44(53-42)62-19-15-60(16-20-62)40(67)35(27-36(45)65)64-29-33(56-58-64)38(47)31(5)8-3/h1,28-31,34-35,37-38H,7-27,46-47H2,2-5H3,(H2,45,65)(H4,48,49,50)(H,51,52,53,54)/t30-,31+,34+,35+,37?,38?/m1/s1. The largest absolute Gasteiger partial charge is 0.377 e. The van der Waals surface area contributed by atoms with Crippen LogP contribution < -0.4 is 43.8 Å². The van der Waals surface area contributed by atoms with Crippen molar-refractivity contribution < 1.29 is 28.6 Å². The van der Waals surface area contributed by atoms with Crippen molar-refractivity contribution in [3.05, 3.63) is 23.8 Å². The smallest absolute Gasteiger partial charge is 0.248 e. The van der Waals surface area contributed by atoms with E-state index in [0.29, 0.717) is 141 Å². The molecule has 0 aliphatic carbocycles. The van der Waals surface area contributed by atoms with Crippen molar-refractivity contribution >= 4 is 41.5 Å². The van der Waals surface area contributed by atoms with Gasteiger partial charge in [0.05, 0.1) is 75.3 Å². The molecule has 2 unspecified atom stereocenters. The van der Waals surface area contributed by atoms with Crippen LogP contribution >= 0.6 is 0 Å². The van der Waals surface area contributed by atoms with Gasteiger partial charge in [-0.25, -0.2) is 9.36 Å². The monoisotopic (exact) mass is 979 g/mol. The predicted molar refractivity (Wildman–Crippen MR) is 262 cm³/mol. The summed E-state index contributed by atoms with van der Waals surface area (Å²) in [6.07, 6.45) is 11.0. The highest BCUT2D eigenvalue weighted by molar-refractivity contribution is 5.86. The Kier molecular flexibility index (Phi) is 21.7. The van der Waals surface area contributed by atoms with Crippen molar-refractivity contribution in [1.29, 1.82) is 0 Å². The van der Waals surface area contributed by atoms with Crippen molar-refractivity contribution in [2.24, 2.45) is 45.5 Å². The molecule has 0 spiro atoms. The average molecular weight is 979 g/mol. The molecule has 5 rings (SSSR count). The molecule has 0 saturated carbocycles. The summed E-state index contributed by atoms with van der Waals surface area (Å²) in [6, 6.07) is -2.33. The molecule has 3 amide bonds. The first-order chi connectivity index (χ1) is 33.7. The number of aromatic nitrogens is 9. The minimum absolute atomic E-state index is 0.0145. The Hall–Kier alpha value is -6.27. The van der Waals surface area contributed by atoms with Gasteiger partial charge in [-0.05, 0) is 24.7 Å². The predicted octanol–water partition coefficient (Wildman–Crippen LogP) is -1.05. The first kappa shape index (κ1) is 54.7. The van der Waals surface area contributed by atoms with Crippen LogP contribution in [-0.4, -0.2) is 184 Å². The molecule has 2 aliphatic heterocycles. The molecule has 2 aliphatic rings. The number of piperazine rings is 2. The maximum absolute atomic E-state index is 14.3.